The van der Waals surface area contributed by atoms with E-state index < -0.39 is 0 Å². The predicted octanol–water partition coefficient (Wildman–Crippen LogP) is 0.359. The van der Waals surface area contributed by atoms with Gasteiger partial charge in [-0.25, -0.2) is 0 Å². The van der Waals surface area contributed by atoms with E-state index in [9.17, 15) is 5.11 Å². The molecule has 2 N–H and O–H groups in total. The number of nitrogens with zero attached hydrogens (tertiary/aromatic N) is 2. The lowest BCUT2D eigenvalue weighted by atomic mass is 9.92. The van der Waals surface area contributed by atoms with Crippen LogP contribution in [0.4, 0.5) is 0 Å². The molecule has 2 atom stereocenters. The zero-order chi connectivity index (χ0) is 9.97. The molecule has 0 amide bonds. The summed E-state index contributed by atoms with van der Waals surface area (Å²) in [7, 11) is 0. The van der Waals surface area contributed by atoms with Gasteiger partial charge in [0.05, 0.1) is 11.8 Å². The Morgan fingerprint density at radius 1 is 1.64 bits per heavy atom. The van der Waals surface area contributed by atoms with Crippen LogP contribution >= 0.6 is 11.5 Å². The molecule has 0 saturated carbocycles. The van der Waals surface area contributed by atoms with Crippen molar-refractivity contribution < 1.29 is 5.11 Å². The maximum Gasteiger partial charge on any atom is 0.0756 e. The molecule has 5 heteroatoms. The van der Waals surface area contributed by atoms with Gasteiger partial charge in [-0.3, -0.25) is 0 Å². The van der Waals surface area contributed by atoms with Crippen LogP contribution in [-0.2, 0) is 6.42 Å². The van der Waals surface area contributed by atoms with Crippen molar-refractivity contribution in [3.8, 4) is 0 Å². The molecule has 1 aromatic heterocycles. The second-order valence-electron chi connectivity index (χ2n) is 3.81. The first-order valence-corrected chi connectivity index (χ1v) is 5.71. The topological polar surface area (TPSA) is 58.0 Å². The first kappa shape index (κ1) is 10.0. The molecule has 2 rings (SSSR count). The summed E-state index contributed by atoms with van der Waals surface area (Å²) in [4.78, 5) is 1.21. The molecule has 1 saturated heterocycles. The lowest BCUT2D eigenvalue weighted by Crippen LogP contribution is -2.40. The van der Waals surface area contributed by atoms with E-state index in [1.165, 1.54) is 16.4 Å². The van der Waals surface area contributed by atoms with Gasteiger partial charge >= 0.3 is 0 Å². The van der Waals surface area contributed by atoms with Crippen molar-refractivity contribution in [1.82, 2.24) is 14.9 Å². The van der Waals surface area contributed by atoms with Gasteiger partial charge < -0.3 is 10.4 Å². The van der Waals surface area contributed by atoms with Gasteiger partial charge in [-0.2, -0.15) is 0 Å². The fourth-order valence-corrected chi connectivity index (χ4v) is 2.52. The Morgan fingerprint density at radius 3 is 3.14 bits per heavy atom. The average molecular weight is 213 g/mol. The van der Waals surface area contributed by atoms with Crippen molar-refractivity contribution in [1.29, 1.82) is 0 Å². The largest absolute Gasteiger partial charge is 0.393 e. The van der Waals surface area contributed by atoms with Crippen molar-refractivity contribution >= 4 is 11.5 Å². The Morgan fingerprint density at radius 2 is 2.50 bits per heavy atom. The van der Waals surface area contributed by atoms with Crippen LogP contribution in [0.3, 0.4) is 0 Å². The molecule has 0 bridgehead atoms. The SMILES string of the molecule is Cc1nnsc1CC1CNCCC1O. The lowest BCUT2D eigenvalue weighted by Gasteiger charge is -2.27. The standard InChI is InChI=1S/C9H15N3OS/c1-6-9(14-12-11-6)4-7-5-10-3-2-8(7)13/h7-8,10,13H,2-5H2,1H3. The molecule has 1 aromatic rings. The van der Waals surface area contributed by atoms with E-state index >= 15 is 0 Å². The fraction of sp³-hybridized carbons (Fsp3) is 0.778. The van der Waals surface area contributed by atoms with Crippen molar-refractivity contribution in [2.24, 2.45) is 5.92 Å². The van der Waals surface area contributed by atoms with Gasteiger partial charge in [0.2, 0.25) is 0 Å². The summed E-state index contributed by atoms with van der Waals surface area (Å²) >= 11 is 1.45. The average Bonchev–Trinajstić information content (AvgIpc) is 2.56. The highest BCUT2D eigenvalue weighted by molar-refractivity contribution is 7.05. The molecule has 1 fully saturated rings. The van der Waals surface area contributed by atoms with Crippen molar-refractivity contribution in [3.05, 3.63) is 10.6 Å². The van der Waals surface area contributed by atoms with Gasteiger partial charge in [-0.1, -0.05) is 4.49 Å². The van der Waals surface area contributed by atoms with E-state index in [0.29, 0.717) is 5.92 Å². The Kier molecular flexibility index (Phi) is 3.10. The molecule has 0 aliphatic carbocycles. The van der Waals surface area contributed by atoms with Crippen LogP contribution < -0.4 is 5.32 Å². The van der Waals surface area contributed by atoms with E-state index in [0.717, 1.165) is 31.6 Å². The highest BCUT2D eigenvalue weighted by atomic mass is 32.1. The molecular weight excluding hydrogens is 198 g/mol. The first-order chi connectivity index (χ1) is 6.77. The minimum atomic E-state index is -0.169. The smallest absolute Gasteiger partial charge is 0.0756 e. The Labute approximate surface area is 87.5 Å². The molecule has 1 aliphatic rings. The van der Waals surface area contributed by atoms with Gasteiger partial charge in [-0.15, -0.1) is 5.10 Å². The number of aliphatic hydroxyl groups excluding tert-OH is 1. The molecule has 0 radical (unpaired) electrons. The van der Waals surface area contributed by atoms with Crippen LogP contribution in [0.5, 0.6) is 0 Å². The van der Waals surface area contributed by atoms with Crippen LogP contribution in [0.15, 0.2) is 0 Å². The summed E-state index contributed by atoms with van der Waals surface area (Å²) in [6.45, 7) is 3.80. The highest BCUT2D eigenvalue weighted by Gasteiger charge is 2.24. The number of aryl methyl sites for hydroxylation is 1. The van der Waals surface area contributed by atoms with Crippen LogP contribution in [0, 0.1) is 12.8 Å². The van der Waals surface area contributed by atoms with Gasteiger partial charge in [0.15, 0.2) is 0 Å². The van der Waals surface area contributed by atoms with E-state index in [1.807, 2.05) is 6.92 Å². The summed E-state index contributed by atoms with van der Waals surface area (Å²) < 4.78 is 3.90. The Bertz CT molecular complexity index is 302. The number of aromatic nitrogens is 2. The number of aliphatic hydroxyl groups is 1. The van der Waals surface area contributed by atoms with Crippen molar-refractivity contribution in [3.63, 3.8) is 0 Å². The quantitative estimate of drug-likeness (QED) is 0.744. The Hall–Kier alpha value is -0.520. The van der Waals surface area contributed by atoms with Crippen LogP contribution in [0.25, 0.3) is 0 Å². The van der Waals surface area contributed by atoms with Crippen molar-refractivity contribution in [2.45, 2.75) is 25.9 Å². The molecule has 2 unspecified atom stereocenters. The number of hydrogen-bond donors (Lipinski definition) is 2. The molecule has 14 heavy (non-hydrogen) atoms. The maximum absolute atomic E-state index is 9.78. The van der Waals surface area contributed by atoms with Crippen LogP contribution in [0.1, 0.15) is 17.0 Å². The zero-order valence-electron chi connectivity index (χ0n) is 8.23. The van der Waals surface area contributed by atoms with Gasteiger partial charge in [0, 0.05) is 17.3 Å². The summed E-state index contributed by atoms with van der Waals surface area (Å²) in [6, 6.07) is 0. The summed E-state index contributed by atoms with van der Waals surface area (Å²) in [6.07, 6.45) is 1.59. The summed E-state index contributed by atoms with van der Waals surface area (Å²) in [5.74, 6) is 0.324. The monoisotopic (exact) mass is 213 g/mol. The molecule has 1 aliphatic heterocycles. The van der Waals surface area contributed by atoms with Crippen LogP contribution in [-0.4, -0.2) is 33.9 Å². The van der Waals surface area contributed by atoms with Gasteiger partial charge in [0.1, 0.15) is 0 Å². The summed E-state index contributed by atoms with van der Waals surface area (Å²) in [5.41, 5.74) is 1.01. The second-order valence-corrected chi connectivity index (χ2v) is 4.64. The third-order valence-corrected chi connectivity index (χ3v) is 3.61. The van der Waals surface area contributed by atoms with E-state index in [-0.39, 0.29) is 6.10 Å². The van der Waals surface area contributed by atoms with E-state index in [4.69, 9.17) is 0 Å². The van der Waals surface area contributed by atoms with Crippen molar-refractivity contribution in [2.75, 3.05) is 13.1 Å². The van der Waals surface area contributed by atoms with E-state index in [2.05, 4.69) is 14.9 Å². The van der Waals surface area contributed by atoms with Gasteiger partial charge in [-0.05, 0) is 37.8 Å². The van der Waals surface area contributed by atoms with E-state index in [1.54, 1.807) is 0 Å². The minimum absolute atomic E-state index is 0.169. The highest BCUT2D eigenvalue weighted by Crippen LogP contribution is 2.20. The van der Waals surface area contributed by atoms with Gasteiger partial charge in [0.25, 0.3) is 0 Å². The Balaban J connectivity index is 1.99. The minimum Gasteiger partial charge on any atom is -0.393 e. The number of rotatable bonds is 2. The maximum atomic E-state index is 9.78. The molecule has 4 nitrogen and oxygen atoms in total. The third-order valence-electron chi connectivity index (χ3n) is 2.76. The fourth-order valence-electron chi connectivity index (χ4n) is 1.79. The second kappa shape index (κ2) is 4.33. The number of nitrogens with one attached hydrogen (secondary N) is 1. The molecular formula is C9H15N3OS. The van der Waals surface area contributed by atoms with Crippen LogP contribution in [0.2, 0.25) is 0 Å². The molecule has 0 spiro atoms. The normalized spacial score (nSPS) is 27.9. The third kappa shape index (κ3) is 2.10. The molecule has 78 valence electrons. The number of piperidine rings is 1. The lowest BCUT2D eigenvalue weighted by molar-refractivity contribution is 0.0795. The zero-order valence-corrected chi connectivity index (χ0v) is 9.05. The molecule has 0 aromatic carbocycles. The molecule has 2 heterocycles. The number of hydrogen-bond acceptors (Lipinski definition) is 5. The summed E-state index contributed by atoms with van der Waals surface area (Å²) in [5, 5.41) is 17.1. The predicted molar refractivity (Wildman–Crippen MR) is 55.3 cm³/mol. The first-order valence-electron chi connectivity index (χ1n) is 4.94.